The molecular weight excluding hydrogens is 392 g/mol. The van der Waals surface area contributed by atoms with Crippen molar-refractivity contribution < 1.29 is 14.3 Å². The number of hydrogen-bond acceptors (Lipinski definition) is 5. The van der Waals surface area contributed by atoms with E-state index in [1.807, 2.05) is 6.07 Å². The fraction of sp³-hybridized carbons (Fsp3) is 0.364. The van der Waals surface area contributed by atoms with Crippen molar-refractivity contribution in [2.24, 2.45) is 0 Å². The molecule has 1 N–H and O–H groups in total. The Morgan fingerprint density at radius 3 is 2.36 bits per heavy atom. The Bertz CT molecular complexity index is 1090. The average Bonchev–Trinajstić information content (AvgIpc) is 2.68. The predicted octanol–water partition coefficient (Wildman–Crippen LogP) is 6.43. The minimum atomic E-state index is -1.06. The van der Waals surface area contributed by atoms with E-state index in [4.69, 9.17) is 4.42 Å². The molecule has 0 radical (unpaired) electrons. The van der Waals surface area contributed by atoms with E-state index in [-0.39, 0.29) is 11.0 Å². The summed E-state index contributed by atoms with van der Waals surface area (Å²) in [6.07, 6.45) is 2.04. The third-order valence-corrected chi connectivity index (χ3v) is 7.31. The SMILES string of the molecule is CCC(C)Sc1cc(SC(C)CC)c2oc3ccc(C(=O)O)cc3c(=O)c2c1. The first kappa shape index (κ1) is 20.8. The largest absolute Gasteiger partial charge is 0.478 e. The first-order valence-electron chi connectivity index (χ1n) is 9.45. The van der Waals surface area contributed by atoms with Crippen LogP contribution in [0.4, 0.5) is 0 Å². The van der Waals surface area contributed by atoms with E-state index in [2.05, 4.69) is 33.8 Å². The molecule has 2 unspecified atom stereocenters. The maximum Gasteiger partial charge on any atom is 0.335 e. The standard InChI is InChI=1S/C22H24O4S2/c1-5-12(3)27-15-10-17-20(23)16-9-14(22(24)25)7-8-18(16)26-21(17)19(11-15)28-13(4)6-2/h7-13H,5-6H2,1-4H3,(H,24,25). The summed E-state index contributed by atoms with van der Waals surface area (Å²) in [5.41, 5.74) is 0.894. The van der Waals surface area contributed by atoms with Crippen molar-refractivity contribution in [3.63, 3.8) is 0 Å². The zero-order chi connectivity index (χ0) is 20.4. The Balaban J connectivity index is 2.29. The third-order valence-electron chi connectivity index (χ3n) is 4.77. The van der Waals surface area contributed by atoms with Crippen LogP contribution >= 0.6 is 23.5 Å². The summed E-state index contributed by atoms with van der Waals surface area (Å²) >= 11 is 3.45. The van der Waals surface area contributed by atoms with Crippen molar-refractivity contribution in [3.8, 4) is 0 Å². The van der Waals surface area contributed by atoms with Crippen molar-refractivity contribution >= 4 is 51.4 Å². The fourth-order valence-corrected chi connectivity index (χ4v) is 4.94. The van der Waals surface area contributed by atoms with E-state index in [0.717, 1.165) is 22.6 Å². The number of fused-ring (bicyclic) bond motifs is 2. The Kier molecular flexibility index (Phi) is 6.40. The van der Waals surface area contributed by atoms with Gasteiger partial charge in [0.05, 0.1) is 21.2 Å². The summed E-state index contributed by atoms with van der Waals surface area (Å²) in [5.74, 6) is -1.06. The maximum absolute atomic E-state index is 13.2. The van der Waals surface area contributed by atoms with Gasteiger partial charge in [0.15, 0.2) is 5.58 Å². The zero-order valence-electron chi connectivity index (χ0n) is 16.4. The van der Waals surface area contributed by atoms with Gasteiger partial charge in [-0.3, -0.25) is 4.79 Å². The Morgan fingerprint density at radius 1 is 1.04 bits per heavy atom. The van der Waals surface area contributed by atoms with Gasteiger partial charge in [0, 0.05) is 15.4 Å². The van der Waals surface area contributed by atoms with Crippen LogP contribution in [0.2, 0.25) is 0 Å². The van der Waals surface area contributed by atoms with Gasteiger partial charge >= 0.3 is 5.97 Å². The molecule has 0 fully saturated rings. The molecule has 0 spiro atoms. The molecule has 3 rings (SSSR count). The van der Waals surface area contributed by atoms with Crippen LogP contribution in [0.15, 0.2) is 49.3 Å². The summed E-state index contributed by atoms with van der Waals surface area (Å²) in [4.78, 5) is 26.5. The first-order chi connectivity index (χ1) is 13.3. The van der Waals surface area contributed by atoms with Crippen LogP contribution in [0.5, 0.6) is 0 Å². The molecule has 2 atom stereocenters. The van der Waals surface area contributed by atoms with Gasteiger partial charge in [-0.1, -0.05) is 27.7 Å². The van der Waals surface area contributed by atoms with E-state index < -0.39 is 5.97 Å². The van der Waals surface area contributed by atoms with Gasteiger partial charge in [0.1, 0.15) is 5.58 Å². The Hall–Kier alpha value is -1.92. The van der Waals surface area contributed by atoms with Crippen molar-refractivity contribution in [2.45, 2.75) is 60.8 Å². The summed E-state index contributed by atoms with van der Waals surface area (Å²) in [6, 6.07) is 8.42. The van der Waals surface area contributed by atoms with E-state index in [1.165, 1.54) is 12.1 Å². The van der Waals surface area contributed by atoms with Gasteiger partial charge in [-0.15, -0.1) is 23.5 Å². The number of benzene rings is 2. The number of carboxylic acid groups (broad SMARTS) is 1. The number of thioether (sulfide) groups is 2. The highest BCUT2D eigenvalue weighted by atomic mass is 32.2. The lowest BCUT2D eigenvalue weighted by Gasteiger charge is -2.14. The van der Waals surface area contributed by atoms with Gasteiger partial charge in [-0.2, -0.15) is 0 Å². The molecule has 0 amide bonds. The van der Waals surface area contributed by atoms with Crippen molar-refractivity contribution in [3.05, 3.63) is 46.1 Å². The molecule has 0 aliphatic heterocycles. The topological polar surface area (TPSA) is 67.5 Å². The van der Waals surface area contributed by atoms with Crippen LogP contribution in [0.25, 0.3) is 21.9 Å². The lowest BCUT2D eigenvalue weighted by Crippen LogP contribution is -2.06. The second-order valence-electron chi connectivity index (χ2n) is 6.92. The van der Waals surface area contributed by atoms with Crippen LogP contribution < -0.4 is 5.43 Å². The van der Waals surface area contributed by atoms with Gasteiger partial charge in [-0.05, 0) is 43.2 Å². The number of aromatic carboxylic acids is 1. The Labute approximate surface area is 172 Å². The van der Waals surface area contributed by atoms with E-state index >= 15 is 0 Å². The maximum atomic E-state index is 13.2. The second-order valence-corrected chi connectivity index (χ2v) is 9.91. The predicted molar refractivity (Wildman–Crippen MR) is 118 cm³/mol. The summed E-state index contributed by atoms with van der Waals surface area (Å²) in [5, 5.41) is 10.9. The molecule has 0 saturated carbocycles. The molecule has 4 nitrogen and oxygen atoms in total. The molecule has 0 saturated heterocycles. The molecule has 28 heavy (non-hydrogen) atoms. The summed E-state index contributed by atoms with van der Waals surface area (Å²) in [7, 11) is 0. The van der Waals surface area contributed by atoms with Crippen molar-refractivity contribution in [2.75, 3.05) is 0 Å². The molecular formula is C22H24O4S2. The molecule has 0 aliphatic rings. The van der Waals surface area contributed by atoms with Crippen LogP contribution in [-0.2, 0) is 0 Å². The molecule has 0 bridgehead atoms. The molecule has 6 heteroatoms. The normalized spacial score (nSPS) is 13.7. The highest BCUT2D eigenvalue weighted by Gasteiger charge is 2.17. The number of carbonyl (C=O) groups is 1. The van der Waals surface area contributed by atoms with Gasteiger partial charge in [0.2, 0.25) is 5.43 Å². The first-order valence-corrected chi connectivity index (χ1v) is 11.2. The Morgan fingerprint density at radius 2 is 1.71 bits per heavy atom. The fourth-order valence-electron chi connectivity index (χ4n) is 2.81. The van der Waals surface area contributed by atoms with Gasteiger partial charge in [-0.25, -0.2) is 4.79 Å². The quantitative estimate of drug-likeness (QED) is 0.354. The monoisotopic (exact) mass is 416 g/mol. The van der Waals surface area contributed by atoms with Crippen LogP contribution in [0.1, 0.15) is 50.9 Å². The van der Waals surface area contributed by atoms with E-state index in [1.54, 1.807) is 29.6 Å². The van der Waals surface area contributed by atoms with E-state index in [0.29, 0.717) is 32.4 Å². The van der Waals surface area contributed by atoms with Crippen LogP contribution in [0.3, 0.4) is 0 Å². The number of rotatable bonds is 7. The lowest BCUT2D eigenvalue weighted by molar-refractivity contribution is 0.0697. The number of carboxylic acids is 1. The third kappa shape index (κ3) is 4.23. The zero-order valence-corrected chi connectivity index (χ0v) is 18.1. The minimum absolute atomic E-state index is 0.0819. The molecule has 1 aromatic heterocycles. The number of hydrogen-bond donors (Lipinski definition) is 1. The summed E-state index contributed by atoms with van der Waals surface area (Å²) in [6.45, 7) is 8.60. The molecule has 3 aromatic rings. The van der Waals surface area contributed by atoms with Crippen LogP contribution in [0, 0.1) is 0 Å². The van der Waals surface area contributed by atoms with E-state index in [9.17, 15) is 14.7 Å². The van der Waals surface area contributed by atoms with Gasteiger partial charge in [0.25, 0.3) is 0 Å². The average molecular weight is 417 g/mol. The highest BCUT2D eigenvalue weighted by molar-refractivity contribution is 8.00. The van der Waals surface area contributed by atoms with Crippen molar-refractivity contribution in [1.82, 2.24) is 0 Å². The minimum Gasteiger partial charge on any atom is -0.478 e. The lowest BCUT2D eigenvalue weighted by atomic mass is 10.1. The van der Waals surface area contributed by atoms with Crippen molar-refractivity contribution in [1.29, 1.82) is 0 Å². The molecule has 2 aromatic carbocycles. The molecule has 1 heterocycles. The summed E-state index contributed by atoms with van der Waals surface area (Å²) < 4.78 is 6.10. The molecule has 0 aliphatic carbocycles. The smallest absolute Gasteiger partial charge is 0.335 e. The molecule has 148 valence electrons. The van der Waals surface area contributed by atoms with Crippen LogP contribution in [-0.4, -0.2) is 21.6 Å². The van der Waals surface area contributed by atoms with Gasteiger partial charge < -0.3 is 9.52 Å². The highest BCUT2D eigenvalue weighted by Crippen LogP contribution is 2.37. The second kappa shape index (κ2) is 8.62.